The summed E-state index contributed by atoms with van der Waals surface area (Å²) in [6.07, 6.45) is 0.445. The van der Waals surface area contributed by atoms with E-state index in [0.717, 1.165) is 0 Å². The van der Waals surface area contributed by atoms with E-state index in [0.29, 0.717) is 29.6 Å². The first-order chi connectivity index (χ1) is 8.80. The fourth-order valence-electron chi connectivity index (χ4n) is 1.76. The molecule has 2 N–H and O–H groups in total. The zero-order chi connectivity index (χ0) is 14.2. The van der Waals surface area contributed by atoms with Crippen LogP contribution in [0, 0.1) is 0 Å². The number of fused-ring (bicyclic) bond motifs is 1. The third kappa shape index (κ3) is 2.86. The topological polar surface area (TPSA) is 102 Å². The molecule has 0 spiro atoms. The number of hydrogen-bond acceptors (Lipinski definition) is 6. The van der Waals surface area contributed by atoms with Crippen LogP contribution in [0.4, 0.5) is 0 Å². The molecule has 1 aromatic heterocycles. The molecule has 0 saturated heterocycles. The van der Waals surface area contributed by atoms with Gasteiger partial charge < -0.3 is 4.90 Å². The maximum Gasteiger partial charge on any atom is 0.238 e. The molecule has 0 saturated carbocycles. The highest BCUT2D eigenvalue weighted by molar-refractivity contribution is 7.89. The molecule has 0 aliphatic carbocycles. The van der Waals surface area contributed by atoms with E-state index in [1.807, 2.05) is 19.0 Å². The zero-order valence-corrected chi connectivity index (χ0v) is 12.0. The molecule has 0 fully saturated rings. The number of benzene rings is 1. The Labute approximate surface area is 115 Å². The molecule has 104 valence electrons. The van der Waals surface area contributed by atoms with Crippen molar-refractivity contribution < 1.29 is 13.0 Å². The van der Waals surface area contributed by atoms with E-state index >= 15 is 0 Å². The molecule has 0 bridgehead atoms. The van der Waals surface area contributed by atoms with Crippen LogP contribution in [0.15, 0.2) is 15.6 Å². The first kappa shape index (κ1) is 14.2. The van der Waals surface area contributed by atoms with Crippen molar-refractivity contribution >= 4 is 32.7 Å². The van der Waals surface area contributed by atoms with Gasteiger partial charge in [-0.25, -0.2) is 18.2 Å². The van der Waals surface area contributed by atoms with Crippen LogP contribution in [0.25, 0.3) is 11.0 Å². The quantitative estimate of drug-likeness (QED) is 0.888. The molecule has 1 heterocycles. The molecule has 0 atom stereocenters. The minimum absolute atomic E-state index is 0.0393. The summed E-state index contributed by atoms with van der Waals surface area (Å²) in [6.45, 7) is 0.631. The Balaban J connectivity index is 2.68. The van der Waals surface area contributed by atoms with E-state index in [4.69, 9.17) is 16.7 Å². The first-order valence-corrected chi connectivity index (χ1v) is 7.34. The number of likely N-dealkylation sites (N-methyl/N-ethyl adjacent to an activating group) is 1. The first-order valence-electron chi connectivity index (χ1n) is 5.42. The van der Waals surface area contributed by atoms with Gasteiger partial charge in [-0.3, -0.25) is 0 Å². The minimum atomic E-state index is -3.89. The molecule has 0 aliphatic heterocycles. The van der Waals surface area contributed by atoms with Crippen molar-refractivity contribution in [3.8, 4) is 0 Å². The summed E-state index contributed by atoms with van der Waals surface area (Å²) in [6, 6.07) is 1.29. The SMILES string of the molecule is CN(C)CCc1c(S(N)(=O)=O)cc(Cl)c2nonc12. The number of aromatic nitrogens is 2. The summed E-state index contributed by atoms with van der Waals surface area (Å²) in [4.78, 5) is 1.88. The van der Waals surface area contributed by atoms with Gasteiger partial charge in [0.05, 0.1) is 9.92 Å². The van der Waals surface area contributed by atoms with Crippen molar-refractivity contribution in [1.29, 1.82) is 0 Å². The Morgan fingerprint density at radius 2 is 2.00 bits per heavy atom. The van der Waals surface area contributed by atoms with Crippen LogP contribution in [-0.2, 0) is 16.4 Å². The van der Waals surface area contributed by atoms with Crippen LogP contribution in [-0.4, -0.2) is 44.3 Å². The van der Waals surface area contributed by atoms with Gasteiger partial charge in [-0.2, -0.15) is 0 Å². The van der Waals surface area contributed by atoms with Gasteiger partial charge in [-0.1, -0.05) is 11.6 Å². The molecular formula is C10H13ClN4O3S. The Bertz CT molecular complexity index is 711. The monoisotopic (exact) mass is 304 g/mol. The molecule has 2 rings (SSSR count). The van der Waals surface area contributed by atoms with Gasteiger partial charge in [-0.05, 0) is 36.9 Å². The summed E-state index contributed by atoms with van der Waals surface area (Å²) in [5.74, 6) is 0. The average molecular weight is 305 g/mol. The second-order valence-electron chi connectivity index (χ2n) is 4.39. The maximum atomic E-state index is 11.6. The van der Waals surface area contributed by atoms with Crippen molar-refractivity contribution in [2.45, 2.75) is 11.3 Å². The summed E-state index contributed by atoms with van der Waals surface area (Å²) in [5.41, 5.74) is 1.14. The third-order valence-electron chi connectivity index (χ3n) is 2.67. The maximum absolute atomic E-state index is 11.6. The highest BCUT2D eigenvalue weighted by Gasteiger charge is 2.22. The van der Waals surface area contributed by atoms with Crippen LogP contribution in [0.3, 0.4) is 0 Å². The molecule has 1 aromatic carbocycles. The molecule has 0 radical (unpaired) electrons. The van der Waals surface area contributed by atoms with Gasteiger partial charge in [0, 0.05) is 12.1 Å². The predicted octanol–water partition coefficient (Wildman–Crippen LogP) is 0.628. The van der Waals surface area contributed by atoms with E-state index in [9.17, 15) is 8.42 Å². The van der Waals surface area contributed by atoms with Crippen molar-refractivity contribution in [2.75, 3.05) is 20.6 Å². The summed E-state index contributed by atoms with van der Waals surface area (Å²) >= 11 is 5.95. The third-order valence-corrected chi connectivity index (χ3v) is 3.94. The molecule has 19 heavy (non-hydrogen) atoms. The summed E-state index contributed by atoms with van der Waals surface area (Å²) < 4.78 is 27.9. The van der Waals surface area contributed by atoms with Gasteiger partial charge in [0.2, 0.25) is 10.0 Å². The Morgan fingerprint density at radius 1 is 1.37 bits per heavy atom. The normalized spacial score (nSPS) is 12.5. The number of sulfonamides is 1. The van der Waals surface area contributed by atoms with Crippen LogP contribution < -0.4 is 5.14 Å². The molecule has 0 aliphatic rings. The van der Waals surface area contributed by atoms with E-state index < -0.39 is 10.0 Å². The van der Waals surface area contributed by atoms with Gasteiger partial charge >= 0.3 is 0 Å². The standard InChI is InChI=1S/C10H13ClN4O3S/c1-15(2)4-3-6-8(19(12,16)17)5-7(11)10-9(6)13-18-14-10/h5H,3-4H2,1-2H3,(H2,12,16,17). The van der Waals surface area contributed by atoms with Crippen molar-refractivity contribution in [3.63, 3.8) is 0 Å². The molecule has 9 heteroatoms. The summed E-state index contributed by atoms with van der Waals surface area (Å²) in [7, 11) is -0.126. The lowest BCUT2D eigenvalue weighted by molar-refractivity contribution is 0.315. The highest BCUT2D eigenvalue weighted by atomic mass is 35.5. The van der Waals surface area contributed by atoms with Crippen LogP contribution >= 0.6 is 11.6 Å². The van der Waals surface area contributed by atoms with E-state index in [2.05, 4.69) is 14.9 Å². The number of nitrogens with zero attached hydrogens (tertiary/aromatic N) is 3. The number of hydrogen-bond donors (Lipinski definition) is 1. The summed E-state index contributed by atoms with van der Waals surface area (Å²) in [5, 5.41) is 12.7. The lowest BCUT2D eigenvalue weighted by atomic mass is 10.1. The zero-order valence-electron chi connectivity index (χ0n) is 10.4. The molecule has 7 nitrogen and oxygen atoms in total. The second kappa shape index (κ2) is 5.04. The lowest BCUT2D eigenvalue weighted by Crippen LogP contribution is -2.19. The largest absolute Gasteiger partial charge is 0.309 e. The van der Waals surface area contributed by atoms with Gasteiger partial charge in [0.1, 0.15) is 5.52 Å². The molecule has 0 amide bonds. The van der Waals surface area contributed by atoms with E-state index in [1.165, 1.54) is 6.07 Å². The number of halogens is 1. The van der Waals surface area contributed by atoms with Crippen molar-refractivity contribution in [2.24, 2.45) is 5.14 Å². The van der Waals surface area contributed by atoms with E-state index in [-0.39, 0.29) is 9.92 Å². The van der Waals surface area contributed by atoms with Gasteiger partial charge in [0.15, 0.2) is 5.52 Å². The second-order valence-corrected chi connectivity index (χ2v) is 6.33. The number of nitrogens with two attached hydrogens (primary N) is 1. The average Bonchev–Trinajstić information content (AvgIpc) is 2.75. The molecular weight excluding hydrogens is 292 g/mol. The van der Waals surface area contributed by atoms with Crippen LogP contribution in [0.2, 0.25) is 5.02 Å². The predicted molar refractivity (Wildman–Crippen MR) is 70.4 cm³/mol. The fourth-order valence-corrected chi connectivity index (χ4v) is 2.88. The Morgan fingerprint density at radius 3 is 2.58 bits per heavy atom. The van der Waals surface area contributed by atoms with Crippen LogP contribution in [0.5, 0.6) is 0 Å². The number of primary sulfonamides is 1. The minimum Gasteiger partial charge on any atom is -0.309 e. The Hall–Kier alpha value is -1.22. The lowest BCUT2D eigenvalue weighted by Gasteiger charge is -2.12. The van der Waals surface area contributed by atoms with Crippen molar-refractivity contribution in [1.82, 2.24) is 15.2 Å². The van der Waals surface area contributed by atoms with Crippen molar-refractivity contribution in [3.05, 3.63) is 16.7 Å². The molecule has 2 aromatic rings. The highest BCUT2D eigenvalue weighted by Crippen LogP contribution is 2.29. The fraction of sp³-hybridized carbons (Fsp3) is 0.400. The smallest absolute Gasteiger partial charge is 0.238 e. The molecule has 0 unspecified atom stereocenters. The van der Waals surface area contributed by atoms with Crippen LogP contribution in [0.1, 0.15) is 5.56 Å². The van der Waals surface area contributed by atoms with Gasteiger partial charge in [-0.15, -0.1) is 0 Å². The number of rotatable bonds is 4. The van der Waals surface area contributed by atoms with Gasteiger partial charge in [0.25, 0.3) is 0 Å². The van der Waals surface area contributed by atoms with E-state index in [1.54, 1.807) is 0 Å². The Kier molecular flexibility index (Phi) is 3.77.